The zero-order valence-electron chi connectivity index (χ0n) is 12.6. The Labute approximate surface area is 125 Å². The minimum atomic E-state index is -6.00. The predicted octanol–water partition coefficient (Wildman–Crippen LogP) is 2.49. The summed E-state index contributed by atoms with van der Waals surface area (Å²) in [5, 5.41) is 10.2. The number of H-pyrrole nitrogens is 1. The molecule has 0 fully saturated rings. The maximum Gasteiger partial charge on any atom is 0.673 e. The SMILES string of the molecule is CN(C)C(=O)N(C)C.F[B-](F)(F)F.c1ccc2[nH]nnc2c1. The lowest BCUT2D eigenvalue weighted by Gasteiger charge is -2.16. The van der Waals surface area contributed by atoms with Gasteiger partial charge in [0, 0.05) is 28.2 Å². The highest BCUT2D eigenvalue weighted by molar-refractivity contribution is 6.50. The van der Waals surface area contributed by atoms with Crippen molar-refractivity contribution in [2.45, 2.75) is 0 Å². The molecule has 0 aliphatic heterocycles. The Balaban J connectivity index is 0.000000316. The molecule has 0 radical (unpaired) electrons. The zero-order valence-corrected chi connectivity index (χ0v) is 12.6. The summed E-state index contributed by atoms with van der Waals surface area (Å²) in [7, 11) is 0.898. The highest BCUT2D eigenvalue weighted by Gasteiger charge is 2.20. The molecule has 0 aliphatic rings. The van der Waals surface area contributed by atoms with E-state index in [0.717, 1.165) is 11.0 Å². The molecule has 0 aliphatic carbocycles. The van der Waals surface area contributed by atoms with Gasteiger partial charge in [-0.05, 0) is 12.1 Å². The zero-order chi connectivity index (χ0) is 17.3. The monoisotopic (exact) mass is 322 g/mol. The fraction of sp³-hybridized carbons (Fsp3) is 0.364. The van der Waals surface area contributed by atoms with E-state index in [4.69, 9.17) is 0 Å². The van der Waals surface area contributed by atoms with E-state index in [2.05, 4.69) is 15.4 Å². The molecule has 1 heterocycles. The number of aromatic nitrogens is 3. The standard InChI is InChI=1S/C6H5N3.C5H12N2O.BF4/c1-2-4-6-5(3-1)7-9-8-6;1-6(2)5(8)7(3)4;2-1(3,4)5/h1-4H,(H,7,8,9);1-4H3;/q;;-1. The largest absolute Gasteiger partial charge is 0.673 e. The van der Waals surface area contributed by atoms with Gasteiger partial charge in [0.15, 0.2) is 0 Å². The normalized spacial score (nSPS) is 10.0. The number of nitrogens with zero attached hydrogens (tertiary/aromatic N) is 4. The molecule has 0 bridgehead atoms. The molecule has 124 valence electrons. The van der Waals surface area contributed by atoms with Crippen molar-refractivity contribution in [1.82, 2.24) is 25.2 Å². The molecule has 2 amide bonds. The smallest absolute Gasteiger partial charge is 0.418 e. The van der Waals surface area contributed by atoms with Crippen molar-refractivity contribution in [3.8, 4) is 0 Å². The van der Waals surface area contributed by atoms with Crippen molar-refractivity contribution in [2.75, 3.05) is 28.2 Å². The van der Waals surface area contributed by atoms with E-state index in [1.165, 1.54) is 9.80 Å². The summed E-state index contributed by atoms with van der Waals surface area (Å²) in [5.74, 6) is 0. The number of hydrogen-bond acceptors (Lipinski definition) is 3. The molecule has 0 unspecified atom stereocenters. The van der Waals surface area contributed by atoms with Gasteiger partial charge in [0.25, 0.3) is 0 Å². The Morgan fingerprint density at radius 3 is 1.86 bits per heavy atom. The summed E-state index contributed by atoms with van der Waals surface area (Å²) in [5.41, 5.74) is 1.90. The number of carbonyl (C=O) groups is 1. The summed E-state index contributed by atoms with van der Waals surface area (Å²) in [4.78, 5) is 13.8. The van der Waals surface area contributed by atoms with Gasteiger partial charge in [-0.25, -0.2) is 4.79 Å². The third-order valence-corrected chi connectivity index (χ3v) is 2.00. The van der Waals surface area contributed by atoms with Gasteiger partial charge >= 0.3 is 13.3 Å². The molecular formula is C11H17BF4N5O-. The number of fused-ring (bicyclic) bond motifs is 1. The quantitative estimate of drug-likeness (QED) is 0.599. The first-order valence-electron chi connectivity index (χ1n) is 6.04. The van der Waals surface area contributed by atoms with Crippen LogP contribution in [0, 0.1) is 0 Å². The number of aromatic amines is 1. The first-order valence-corrected chi connectivity index (χ1v) is 6.04. The second-order valence-corrected chi connectivity index (χ2v) is 4.40. The summed E-state index contributed by atoms with van der Waals surface area (Å²) in [6, 6.07) is 7.76. The summed E-state index contributed by atoms with van der Waals surface area (Å²) >= 11 is 0. The molecule has 0 spiro atoms. The minimum absolute atomic E-state index is 0.0185. The topological polar surface area (TPSA) is 65.1 Å². The Bertz CT molecular complexity index is 527. The maximum absolute atomic E-state index is 10.7. The number of hydrogen-bond donors (Lipinski definition) is 1. The van der Waals surface area contributed by atoms with Crippen LogP contribution in [0.15, 0.2) is 24.3 Å². The summed E-state index contributed by atoms with van der Waals surface area (Å²) in [6.45, 7) is 0. The van der Waals surface area contributed by atoms with Crippen LogP contribution in [0.3, 0.4) is 0 Å². The molecule has 2 aromatic rings. The molecule has 1 N–H and O–H groups in total. The van der Waals surface area contributed by atoms with Crippen molar-refractivity contribution in [3.05, 3.63) is 24.3 Å². The van der Waals surface area contributed by atoms with E-state index >= 15 is 0 Å². The summed E-state index contributed by atoms with van der Waals surface area (Å²) < 4.78 is 39.0. The number of benzene rings is 1. The van der Waals surface area contributed by atoms with Crippen LogP contribution in [0.4, 0.5) is 22.1 Å². The van der Waals surface area contributed by atoms with Crippen LogP contribution in [-0.2, 0) is 0 Å². The molecule has 11 heteroatoms. The molecule has 0 saturated carbocycles. The number of amides is 2. The van der Waals surface area contributed by atoms with E-state index in [1.54, 1.807) is 28.2 Å². The third kappa shape index (κ3) is 9.56. The van der Waals surface area contributed by atoms with E-state index in [9.17, 15) is 22.1 Å². The Morgan fingerprint density at radius 1 is 1.05 bits per heavy atom. The highest BCUT2D eigenvalue weighted by Crippen LogP contribution is 2.06. The molecule has 6 nitrogen and oxygen atoms in total. The first-order chi connectivity index (χ1) is 10.0. The van der Waals surface area contributed by atoms with Crippen molar-refractivity contribution in [3.63, 3.8) is 0 Å². The van der Waals surface area contributed by atoms with Crippen molar-refractivity contribution < 1.29 is 22.1 Å². The number of carbonyl (C=O) groups excluding carboxylic acids is 1. The van der Waals surface area contributed by atoms with E-state index in [1.807, 2.05) is 24.3 Å². The third-order valence-electron chi connectivity index (χ3n) is 2.00. The molecular weight excluding hydrogens is 305 g/mol. The number of para-hydroxylation sites is 1. The Kier molecular flexibility index (Phi) is 7.91. The first kappa shape index (κ1) is 19.7. The predicted molar refractivity (Wildman–Crippen MR) is 76.8 cm³/mol. The van der Waals surface area contributed by atoms with Crippen LogP contribution < -0.4 is 0 Å². The summed E-state index contributed by atoms with van der Waals surface area (Å²) in [6.07, 6.45) is 0. The van der Waals surface area contributed by atoms with Crippen LogP contribution in [0.25, 0.3) is 11.0 Å². The molecule has 1 aromatic carbocycles. The molecule has 22 heavy (non-hydrogen) atoms. The number of halogens is 4. The van der Waals surface area contributed by atoms with Crippen LogP contribution >= 0.6 is 0 Å². The lowest BCUT2D eigenvalue weighted by atomic mass is 10.3. The van der Waals surface area contributed by atoms with E-state index in [-0.39, 0.29) is 6.03 Å². The van der Waals surface area contributed by atoms with Crippen molar-refractivity contribution >= 4 is 24.3 Å². The minimum Gasteiger partial charge on any atom is -0.418 e. The lowest BCUT2D eigenvalue weighted by molar-refractivity contribution is 0.191. The maximum atomic E-state index is 10.7. The van der Waals surface area contributed by atoms with Crippen LogP contribution in [0.2, 0.25) is 0 Å². The van der Waals surface area contributed by atoms with Crippen LogP contribution in [0.1, 0.15) is 0 Å². The van der Waals surface area contributed by atoms with Gasteiger partial charge in [0.05, 0.1) is 5.52 Å². The van der Waals surface area contributed by atoms with Gasteiger partial charge < -0.3 is 27.1 Å². The molecule has 2 rings (SSSR count). The lowest BCUT2D eigenvalue weighted by Crippen LogP contribution is -2.33. The van der Waals surface area contributed by atoms with Gasteiger partial charge in [0.2, 0.25) is 0 Å². The van der Waals surface area contributed by atoms with Gasteiger partial charge in [-0.2, -0.15) is 0 Å². The second-order valence-electron chi connectivity index (χ2n) is 4.40. The molecule has 0 saturated heterocycles. The molecule has 0 atom stereocenters. The Hall–Kier alpha value is -2.33. The van der Waals surface area contributed by atoms with Gasteiger partial charge in [-0.3, -0.25) is 5.10 Å². The average Bonchev–Trinajstić information content (AvgIpc) is 2.84. The fourth-order valence-corrected chi connectivity index (χ4v) is 1.19. The number of urea groups is 1. The number of nitrogens with one attached hydrogen (secondary N) is 1. The van der Waals surface area contributed by atoms with E-state index in [0.29, 0.717) is 0 Å². The van der Waals surface area contributed by atoms with E-state index < -0.39 is 7.25 Å². The van der Waals surface area contributed by atoms with Gasteiger partial charge in [-0.15, -0.1) is 5.10 Å². The van der Waals surface area contributed by atoms with Crippen LogP contribution in [0.5, 0.6) is 0 Å². The average molecular weight is 322 g/mol. The van der Waals surface area contributed by atoms with Gasteiger partial charge in [0.1, 0.15) is 5.52 Å². The fourth-order valence-electron chi connectivity index (χ4n) is 1.19. The number of rotatable bonds is 0. The van der Waals surface area contributed by atoms with Crippen molar-refractivity contribution in [1.29, 1.82) is 0 Å². The van der Waals surface area contributed by atoms with Crippen molar-refractivity contribution in [2.24, 2.45) is 0 Å². The second kappa shape index (κ2) is 8.85. The highest BCUT2D eigenvalue weighted by atomic mass is 19.5. The van der Waals surface area contributed by atoms with Gasteiger partial charge in [-0.1, -0.05) is 17.3 Å². The molecule has 1 aromatic heterocycles. The van der Waals surface area contributed by atoms with Crippen LogP contribution in [-0.4, -0.2) is 66.7 Å². The Morgan fingerprint density at radius 2 is 1.50 bits per heavy atom.